The van der Waals surface area contributed by atoms with Gasteiger partial charge in [0.1, 0.15) is 0 Å². The number of methoxy groups -OCH3 is 1. The molecular formula is C10H16N2O3. The van der Waals surface area contributed by atoms with E-state index in [4.69, 9.17) is 4.74 Å². The number of carbonyl (C=O) groups is 2. The van der Waals surface area contributed by atoms with Gasteiger partial charge in [0, 0.05) is 19.6 Å². The maximum absolute atomic E-state index is 11.5. The molecule has 0 bridgehead atoms. The zero-order chi connectivity index (χ0) is 10.9. The van der Waals surface area contributed by atoms with Crippen LogP contribution in [0.5, 0.6) is 0 Å². The second kappa shape index (κ2) is 3.72. The number of urea groups is 1. The molecule has 0 spiro atoms. The van der Waals surface area contributed by atoms with Crippen LogP contribution in [0, 0.1) is 5.41 Å². The molecule has 1 heterocycles. The Morgan fingerprint density at radius 3 is 2.47 bits per heavy atom. The minimum atomic E-state index is -0.421. The molecule has 1 aliphatic heterocycles. The lowest BCUT2D eigenvalue weighted by Crippen LogP contribution is -2.49. The summed E-state index contributed by atoms with van der Waals surface area (Å²) in [5, 5.41) is 2.79. The SMILES string of the molecule is COC(=O)C1(CNC(=O)N2CCC2)CC1. The Morgan fingerprint density at radius 1 is 1.40 bits per heavy atom. The molecule has 2 amide bonds. The molecule has 1 N–H and O–H groups in total. The number of hydrogen-bond acceptors (Lipinski definition) is 3. The number of esters is 1. The zero-order valence-corrected chi connectivity index (χ0v) is 8.91. The first kappa shape index (κ1) is 10.3. The van der Waals surface area contributed by atoms with E-state index < -0.39 is 5.41 Å². The summed E-state index contributed by atoms with van der Waals surface area (Å²) in [7, 11) is 1.39. The number of likely N-dealkylation sites (tertiary alicyclic amines) is 1. The van der Waals surface area contributed by atoms with Gasteiger partial charge in [-0.3, -0.25) is 4.79 Å². The molecule has 0 aromatic rings. The smallest absolute Gasteiger partial charge is 0.317 e. The van der Waals surface area contributed by atoms with Crippen molar-refractivity contribution in [1.29, 1.82) is 0 Å². The van der Waals surface area contributed by atoms with Gasteiger partial charge in [0.2, 0.25) is 0 Å². The van der Waals surface area contributed by atoms with E-state index in [0.717, 1.165) is 32.4 Å². The molecule has 1 saturated heterocycles. The fraction of sp³-hybridized carbons (Fsp3) is 0.800. The van der Waals surface area contributed by atoms with Gasteiger partial charge >= 0.3 is 12.0 Å². The number of carbonyl (C=O) groups excluding carboxylic acids is 2. The highest BCUT2D eigenvalue weighted by molar-refractivity contribution is 5.81. The van der Waals surface area contributed by atoms with Crippen LogP contribution < -0.4 is 5.32 Å². The average molecular weight is 212 g/mol. The van der Waals surface area contributed by atoms with Crippen molar-refractivity contribution >= 4 is 12.0 Å². The Labute approximate surface area is 88.8 Å². The maximum Gasteiger partial charge on any atom is 0.317 e. The third kappa shape index (κ3) is 1.91. The van der Waals surface area contributed by atoms with E-state index in [1.54, 1.807) is 4.90 Å². The summed E-state index contributed by atoms with van der Waals surface area (Å²) in [6.07, 6.45) is 2.72. The lowest BCUT2D eigenvalue weighted by molar-refractivity contribution is -0.146. The van der Waals surface area contributed by atoms with Crippen LogP contribution >= 0.6 is 0 Å². The minimum Gasteiger partial charge on any atom is -0.469 e. The van der Waals surface area contributed by atoms with Crippen LogP contribution in [0.25, 0.3) is 0 Å². The van der Waals surface area contributed by atoms with Gasteiger partial charge in [-0.25, -0.2) is 4.79 Å². The van der Waals surface area contributed by atoms with Crippen molar-refractivity contribution in [3.8, 4) is 0 Å². The Kier molecular flexibility index (Phi) is 2.54. The third-order valence-corrected chi connectivity index (χ3v) is 3.19. The standard InChI is InChI=1S/C10H16N2O3/c1-15-8(13)10(3-4-10)7-11-9(14)12-5-2-6-12/h2-7H2,1H3,(H,11,14). The summed E-state index contributed by atoms with van der Waals surface area (Å²) < 4.78 is 4.71. The van der Waals surface area contributed by atoms with E-state index in [-0.39, 0.29) is 12.0 Å². The summed E-state index contributed by atoms with van der Waals surface area (Å²) in [4.78, 5) is 24.6. The predicted molar refractivity (Wildman–Crippen MR) is 53.3 cm³/mol. The van der Waals surface area contributed by atoms with E-state index in [9.17, 15) is 9.59 Å². The normalized spacial score (nSPS) is 21.5. The second-order valence-corrected chi connectivity index (χ2v) is 4.27. The summed E-state index contributed by atoms with van der Waals surface area (Å²) in [6.45, 7) is 2.07. The number of rotatable bonds is 3. The van der Waals surface area contributed by atoms with Crippen molar-refractivity contribution in [3.05, 3.63) is 0 Å². The molecule has 2 aliphatic rings. The van der Waals surface area contributed by atoms with Crippen LogP contribution in [-0.2, 0) is 9.53 Å². The van der Waals surface area contributed by atoms with Gasteiger partial charge in [0.25, 0.3) is 0 Å². The molecule has 2 fully saturated rings. The molecule has 15 heavy (non-hydrogen) atoms. The Balaban J connectivity index is 1.77. The summed E-state index contributed by atoms with van der Waals surface area (Å²) in [5.74, 6) is -0.202. The minimum absolute atomic E-state index is 0.0589. The molecular weight excluding hydrogens is 196 g/mol. The van der Waals surface area contributed by atoms with Crippen LogP contribution in [0.4, 0.5) is 4.79 Å². The van der Waals surface area contributed by atoms with Gasteiger partial charge in [0.05, 0.1) is 12.5 Å². The molecule has 0 atom stereocenters. The quantitative estimate of drug-likeness (QED) is 0.687. The first-order valence-electron chi connectivity index (χ1n) is 5.29. The molecule has 5 heteroatoms. The second-order valence-electron chi connectivity index (χ2n) is 4.27. The largest absolute Gasteiger partial charge is 0.469 e. The molecule has 1 saturated carbocycles. The highest BCUT2D eigenvalue weighted by Gasteiger charge is 2.51. The zero-order valence-electron chi connectivity index (χ0n) is 8.91. The van der Waals surface area contributed by atoms with Crippen LogP contribution in [-0.4, -0.2) is 43.6 Å². The molecule has 0 unspecified atom stereocenters. The van der Waals surface area contributed by atoms with Crippen molar-refractivity contribution in [2.24, 2.45) is 5.41 Å². The number of hydrogen-bond donors (Lipinski definition) is 1. The summed E-state index contributed by atoms with van der Waals surface area (Å²) in [6, 6.07) is -0.0589. The third-order valence-electron chi connectivity index (χ3n) is 3.19. The summed E-state index contributed by atoms with van der Waals surface area (Å²) >= 11 is 0. The van der Waals surface area contributed by atoms with Crippen molar-refractivity contribution < 1.29 is 14.3 Å². The Hall–Kier alpha value is -1.26. The number of amides is 2. The van der Waals surface area contributed by atoms with Crippen LogP contribution in [0.3, 0.4) is 0 Å². The topological polar surface area (TPSA) is 58.6 Å². The number of ether oxygens (including phenoxy) is 1. The van der Waals surface area contributed by atoms with E-state index in [2.05, 4.69) is 5.32 Å². The average Bonchev–Trinajstić information content (AvgIpc) is 2.92. The van der Waals surface area contributed by atoms with E-state index >= 15 is 0 Å². The summed E-state index contributed by atoms with van der Waals surface area (Å²) in [5.41, 5.74) is -0.421. The van der Waals surface area contributed by atoms with Gasteiger partial charge < -0.3 is 15.0 Å². The van der Waals surface area contributed by atoms with E-state index in [1.165, 1.54) is 7.11 Å². The van der Waals surface area contributed by atoms with Gasteiger partial charge in [-0.05, 0) is 19.3 Å². The first-order valence-corrected chi connectivity index (χ1v) is 5.29. The van der Waals surface area contributed by atoms with Gasteiger partial charge in [-0.2, -0.15) is 0 Å². The number of nitrogens with one attached hydrogen (secondary N) is 1. The fourth-order valence-corrected chi connectivity index (χ4v) is 1.70. The van der Waals surface area contributed by atoms with Crippen LogP contribution in [0.15, 0.2) is 0 Å². The molecule has 5 nitrogen and oxygen atoms in total. The van der Waals surface area contributed by atoms with Crippen molar-refractivity contribution in [3.63, 3.8) is 0 Å². The monoisotopic (exact) mass is 212 g/mol. The van der Waals surface area contributed by atoms with Crippen LogP contribution in [0.2, 0.25) is 0 Å². The molecule has 2 rings (SSSR count). The maximum atomic E-state index is 11.5. The predicted octanol–water partition coefficient (Wildman–Crippen LogP) is 0.355. The number of nitrogens with zero attached hydrogens (tertiary/aromatic N) is 1. The molecule has 0 aromatic carbocycles. The highest BCUT2D eigenvalue weighted by atomic mass is 16.5. The van der Waals surface area contributed by atoms with Gasteiger partial charge in [-0.15, -0.1) is 0 Å². The molecule has 1 aliphatic carbocycles. The molecule has 0 radical (unpaired) electrons. The first-order chi connectivity index (χ1) is 7.18. The fourth-order valence-electron chi connectivity index (χ4n) is 1.70. The van der Waals surface area contributed by atoms with Crippen LogP contribution in [0.1, 0.15) is 19.3 Å². The van der Waals surface area contributed by atoms with Gasteiger partial charge in [0.15, 0.2) is 0 Å². The van der Waals surface area contributed by atoms with Crippen molar-refractivity contribution in [1.82, 2.24) is 10.2 Å². The highest BCUT2D eigenvalue weighted by Crippen LogP contribution is 2.46. The van der Waals surface area contributed by atoms with Crippen molar-refractivity contribution in [2.45, 2.75) is 19.3 Å². The molecule has 84 valence electrons. The lowest BCUT2D eigenvalue weighted by atomic mass is 10.1. The van der Waals surface area contributed by atoms with E-state index in [0.29, 0.717) is 6.54 Å². The molecule has 0 aromatic heterocycles. The lowest BCUT2D eigenvalue weighted by Gasteiger charge is -2.31. The Morgan fingerprint density at radius 2 is 2.07 bits per heavy atom. The van der Waals surface area contributed by atoms with Gasteiger partial charge in [-0.1, -0.05) is 0 Å². The van der Waals surface area contributed by atoms with Crippen molar-refractivity contribution in [2.75, 3.05) is 26.7 Å². The van der Waals surface area contributed by atoms with E-state index in [1.807, 2.05) is 0 Å². The Bertz CT molecular complexity index is 282.